The molecule has 0 saturated carbocycles. The number of carbonyl (C=O) groups is 2. The Morgan fingerprint density at radius 3 is 2.23 bits per heavy atom. The van der Waals surface area contributed by atoms with Gasteiger partial charge in [0.25, 0.3) is 0 Å². The summed E-state index contributed by atoms with van der Waals surface area (Å²) in [5, 5.41) is 7.12. The number of rotatable bonds is 10. The fourth-order valence-electron chi connectivity index (χ4n) is 5.68. The van der Waals surface area contributed by atoms with Gasteiger partial charge in [-0.2, -0.15) is 0 Å². The molecule has 2 aromatic carbocycles. The number of fused-ring (bicyclic) bond motifs is 1. The summed E-state index contributed by atoms with van der Waals surface area (Å²) < 4.78 is 16.2. The molecule has 0 bridgehead atoms. The zero-order valence-electron chi connectivity index (χ0n) is 27.0. The van der Waals surface area contributed by atoms with Crippen molar-refractivity contribution >= 4 is 28.7 Å². The van der Waals surface area contributed by atoms with Crippen LogP contribution in [0.5, 0.6) is 11.5 Å². The van der Waals surface area contributed by atoms with E-state index in [1.807, 2.05) is 57.7 Å². The number of nitrogens with two attached hydrogens (primary N) is 1. The van der Waals surface area contributed by atoms with E-state index in [1.165, 1.54) is 5.56 Å². The fourth-order valence-corrected chi connectivity index (χ4v) is 5.68. The molecular formula is C33H46N6O5. The molecule has 0 atom stereocenters. The van der Waals surface area contributed by atoms with E-state index in [1.54, 1.807) is 26.4 Å². The number of aromatic nitrogens is 2. The molecule has 1 fully saturated rings. The second kappa shape index (κ2) is 13.3. The number of ether oxygens (including phenoxy) is 3. The Hall–Kier alpha value is -4.12. The van der Waals surface area contributed by atoms with Gasteiger partial charge >= 0.3 is 6.09 Å². The highest BCUT2D eigenvalue weighted by Crippen LogP contribution is 2.36. The molecule has 11 nitrogen and oxygen atoms in total. The molecule has 0 unspecified atom stereocenters. The van der Waals surface area contributed by atoms with Crippen LogP contribution in [0.2, 0.25) is 0 Å². The number of hydrogen-bond donors (Lipinski definition) is 3. The van der Waals surface area contributed by atoms with Gasteiger partial charge in [-0.3, -0.25) is 4.79 Å². The number of nitrogen functional groups attached to an aromatic ring is 1. The number of carbonyl (C=O) groups excluding carboxylic acids is 2. The lowest BCUT2D eigenvalue weighted by Crippen LogP contribution is -2.52. The van der Waals surface area contributed by atoms with Crippen molar-refractivity contribution in [3.05, 3.63) is 53.9 Å². The minimum Gasteiger partial charge on any atom is -0.493 e. The maximum atomic E-state index is 13.3. The third kappa shape index (κ3) is 8.07. The minimum absolute atomic E-state index is 0.00720. The fraction of sp³-hybridized carbons (Fsp3) is 0.515. The molecule has 2 heterocycles. The Kier molecular flexibility index (Phi) is 9.88. The van der Waals surface area contributed by atoms with Crippen molar-refractivity contribution in [3.8, 4) is 11.5 Å². The third-order valence-electron chi connectivity index (χ3n) is 7.92. The van der Waals surface area contributed by atoms with Crippen LogP contribution in [0.25, 0.3) is 10.9 Å². The van der Waals surface area contributed by atoms with Crippen LogP contribution in [-0.4, -0.2) is 71.9 Å². The Bertz CT molecular complexity index is 1460. The van der Waals surface area contributed by atoms with E-state index in [0.29, 0.717) is 60.2 Å². The number of likely N-dealkylation sites (tertiary alicyclic amines) is 1. The van der Waals surface area contributed by atoms with Gasteiger partial charge in [0.15, 0.2) is 11.5 Å². The van der Waals surface area contributed by atoms with E-state index in [0.717, 1.165) is 12.8 Å². The minimum atomic E-state index is -0.744. The van der Waals surface area contributed by atoms with Gasteiger partial charge < -0.3 is 35.5 Å². The predicted molar refractivity (Wildman–Crippen MR) is 171 cm³/mol. The lowest BCUT2D eigenvalue weighted by atomic mass is 9.72. The lowest BCUT2D eigenvalue weighted by molar-refractivity contribution is -0.134. The van der Waals surface area contributed by atoms with Crippen LogP contribution in [0, 0.1) is 0 Å². The monoisotopic (exact) mass is 606 g/mol. The second-order valence-electron chi connectivity index (χ2n) is 13.1. The summed E-state index contributed by atoms with van der Waals surface area (Å²) in [5.74, 6) is 2.11. The number of anilines is 1. The topological polar surface area (TPSA) is 141 Å². The number of nitrogens with zero attached hydrogens (tertiary/aromatic N) is 3. The van der Waals surface area contributed by atoms with Crippen LogP contribution in [0.3, 0.4) is 0 Å². The number of benzene rings is 2. The van der Waals surface area contributed by atoms with Crippen molar-refractivity contribution in [2.75, 3.05) is 39.6 Å². The molecule has 0 spiro atoms. The van der Waals surface area contributed by atoms with Crippen molar-refractivity contribution in [3.63, 3.8) is 0 Å². The molecule has 4 rings (SSSR count). The summed E-state index contributed by atoms with van der Waals surface area (Å²) >= 11 is 0. The van der Waals surface area contributed by atoms with Crippen LogP contribution < -0.4 is 25.8 Å². The van der Waals surface area contributed by atoms with Gasteiger partial charge in [-0.25, -0.2) is 14.8 Å². The molecule has 1 aliphatic heterocycles. The molecule has 3 aromatic rings. The van der Waals surface area contributed by atoms with E-state index in [2.05, 4.69) is 27.8 Å². The van der Waals surface area contributed by atoms with E-state index in [4.69, 9.17) is 24.9 Å². The van der Waals surface area contributed by atoms with Gasteiger partial charge in [0.05, 0.1) is 26.3 Å². The number of hydrogen-bond acceptors (Lipinski definition) is 9. The molecule has 1 aromatic heterocycles. The lowest BCUT2D eigenvalue weighted by Gasteiger charge is -2.43. The molecule has 11 heteroatoms. The second-order valence-corrected chi connectivity index (χ2v) is 13.1. The average Bonchev–Trinajstić information content (AvgIpc) is 2.95. The van der Waals surface area contributed by atoms with Gasteiger partial charge in [0.1, 0.15) is 17.2 Å². The van der Waals surface area contributed by atoms with Crippen LogP contribution >= 0.6 is 0 Å². The van der Waals surface area contributed by atoms with Crippen molar-refractivity contribution in [1.82, 2.24) is 25.5 Å². The van der Waals surface area contributed by atoms with E-state index >= 15 is 0 Å². The largest absolute Gasteiger partial charge is 0.493 e. The van der Waals surface area contributed by atoms with E-state index in [9.17, 15) is 9.59 Å². The molecule has 2 amide bonds. The molecule has 238 valence electrons. The van der Waals surface area contributed by atoms with Gasteiger partial charge in [-0.15, -0.1) is 0 Å². The summed E-state index contributed by atoms with van der Waals surface area (Å²) in [6, 6.07) is 14.0. The van der Waals surface area contributed by atoms with E-state index in [-0.39, 0.29) is 17.7 Å². The zero-order valence-corrected chi connectivity index (χ0v) is 27.0. The maximum absolute atomic E-state index is 13.3. The van der Waals surface area contributed by atoms with Crippen molar-refractivity contribution in [2.24, 2.45) is 0 Å². The Morgan fingerprint density at radius 2 is 1.61 bits per heavy atom. The molecule has 1 saturated heterocycles. The SMILES string of the molecule is COc1cc2nc(CNCC3(c4ccccc4)CCN(C(=O)CC(C)(C)NC(=O)OC(C)(C)C)CC3)nc(N)c2cc1OC. The number of nitrogens with one attached hydrogen (secondary N) is 2. The third-order valence-corrected chi connectivity index (χ3v) is 7.92. The standard InChI is InChI=1S/C33H46N6O5/c1-31(2,3)44-30(41)38-32(4,5)19-28(40)39-15-13-33(14-16-39,22-11-9-8-10-12-22)21-35-20-27-36-24-18-26(43-7)25(42-6)17-23(24)29(34)37-27/h8-12,17-18,35H,13-16,19-21H2,1-7H3,(H,38,41)(H2,34,36,37). The number of piperidine rings is 1. The van der Waals surface area contributed by atoms with Crippen LogP contribution in [0.15, 0.2) is 42.5 Å². The summed E-state index contributed by atoms with van der Waals surface area (Å²) in [7, 11) is 3.16. The van der Waals surface area contributed by atoms with Gasteiger partial charge in [-0.1, -0.05) is 30.3 Å². The van der Waals surface area contributed by atoms with Gasteiger partial charge in [0, 0.05) is 48.5 Å². The van der Waals surface area contributed by atoms with E-state index < -0.39 is 17.2 Å². The highest BCUT2D eigenvalue weighted by atomic mass is 16.6. The van der Waals surface area contributed by atoms with Gasteiger partial charge in [0.2, 0.25) is 5.91 Å². The zero-order chi connectivity index (χ0) is 32.1. The molecule has 0 radical (unpaired) electrons. The van der Waals surface area contributed by atoms with Crippen molar-refractivity contribution in [2.45, 2.75) is 77.0 Å². The Morgan fingerprint density at radius 1 is 0.977 bits per heavy atom. The summed E-state index contributed by atoms with van der Waals surface area (Å²) in [6.07, 6.45) is 1.22. The first-order chi connectivity index (χ1) is 20.7. The number of amides is 2. The number of methoxy groups -OCH3 is 2. The van der Waals surface area contributed by atoms with Crippen LogP contribution in [0.1, 0.15) is 65.3 Å². The molecule has 44 heavy (non-hydrogen) atoms. The molecule has 4 N–H and O–H groups in total. The summed E-state index contributed by atoms with van der Waals surface area (Å²) in [4.78, 5) is 36.8. The Labute approximate surface area is 259 Å². The highest BCUT2D eigenvalue weighted by Gasteiger charge is 2.38. The van der Waals surface area contributed by atoms with Crippen LogP contribution in [-0.2, 0) is 21.5 Å². The number of alkyl carbamates (subject to hydrolysis) is 1. The Balaban J connectivity index is 1.42. The highest BCUT2D eigenvalue weighted by molar-refractivity contribution is 5.90. The quantitative estimate of drug-likeness (QED) is 0.303. The van der Waals surface area contributed by atoms with Crippen LogP contribution in [0.4, 0.5) is 10.6 Å². The first-order valence-electron chi connectivity index (χ1n) is 15.0. The normalized spacial score (nSPS) is 15.1. The molecule has 0 aliphatic carbocycles. The van der Waals surface area contributed by atoms with Crippen molar-refractivity contribution < 1.29 is 23.8 Å². The van der Waals surface area contributed by atoms with Gasteiger partial charge in [-0.05, 0) is 59.1 Å². The first kappa shape index (κ1) is 32.8. The first-order valence-corrected chi connectivity index (χ1v) is 15.0. The predicted octanol–water partition coefficient (Wildman–Crippen LogP) is 4.57. The van der Waals surface area contributed by atoms with Crippen molar-refractivity contribution in [1.29, 1.82) is 0 Å². The maximum Gasteiger partial charge on any atom is 0.408 e. The summed E-state index contributed by atoms with van der Waals surface area (Å²) in [5.41, 5.74) is 6.67. The molecular weight excluding hydrogens is 560 g/mol. The molecule has 1 aliphatic rings. The summed E-state index contributed by atoms with van der Waals surface area (Å²) in [6.45, 7) is 11.4. The average molecular weight is 607 g/mol. The smallest absolute Gasteiger partial charge is 0.408 e.